The first-order valence-electron chi connectivity index (χ1n) is 7.98. The molecule has 23 heavy (non-hydrogen) atoms. The van der Waals surface area contributed by atoms with Crippen LogP contribution in [-0.2, 0) is 14.8 Å². The van der Waals surface area contributed by atoms with E-state index >= 15 is 0 Å². The monoisotopic (exact) mass is 337 g/mol. The fourth-order valence-corrected chi connectivity index (χ4v) is 4.69. The van der Waals surface area contributed by atoms with Crippen molar-refractivity contribution in [2.45, 2.75) is 30.7 Å². The van der Waals surface area contributed by atoms with E-state index in [2.05, 4.69) is 16.5 Å². The van der Waals surface area contributed by atoms with Crippen LogP contribution in [0.25, 0.3) is 0 Å². The van der Waals surface area contributed by atoms with Crippen LogP contribution in [0.1, 0.15) is 19.8 Å². The number of likely N-dealkylation sites (tertiary alicyclic amines) is 1. The van der Waals surface area contributed by atoms with Crippen LogP contribution < -0.4 is 9.62 Å². The molecule has 0 radical (unpaired) electrons. The summed E-state index contributed by atoms with van der Waals surface area (Å²) in [4.78, 5) is 15.8. The van der Waals surface area contributed by atoms with Gasteiger partial charge in [-0.15, -0.1) is 0 Å². The molecule has 0 spiro atoms. The van der Waals surface area contributed by atoms with E-state index in [4.69, 9.17) is 0 Å². The second-order valence-corrected chi connectivity index (χ2v) is 8.28. The van der Waals surface area contributed by atoms with Crippen LogP contribution in [0.15, 0.2) is 29.2 Å². The third-order valence-electron chi connectivity index (χ3n) is 4.63. The Hall–Kier alpha value is -1.44. The number of amides is 1. The summed E-state index contributed by atoms with van der Waals surface area (Å²) in [5, 5.41) is 0. The van der Waals surface area contributed by atoms with Gasteiger partial charge in [0, 0.05) is 37.8 Å². The van der Waals surface area contributed by atoms with Crippen LogP contribution in [-0.4, -0.2) is 51.9 Å². The summed E-state index contributed by atoms with van der Waals surface area (Å²) in [7, 11) is -1.54. The van der Waals surface area contributed by atoms with Crippen LogP contribution in [0.2, 0.25) is 0 Å². The zero-order chi connectivity index (χ0) is 16.6. The number of sulfonamides is 1. The molecule has 3 rings (SSSR count). The first kappa shape index (κ1) is 16.4. The molecule has 1 N–H and O–H groups in total. The fraction of sp³-hybridized carbons (Fsp3) is 0.562. The molecule has 7 heteroatoms. The van der Waals surface area contributed by atoms with Gasteiger partial charge >= 0.3 is 0 Å². The van der Waals surface area contributed by atoms with Crippen LogP contribution in [0.4, 0.5) is 5.69 Å². The maximum Gasteiger partial charge on any atom is 0.240 e. The molecule has 0 bridgehead atoms. The van der Waals surface area contributed by atoms with Gasteiger partial charge in [0.05, 0.1) is 4.90 Å². The van der Waals surface area contributed by atoms with Crippen molar-refractivity contribution < 1.29 is 13.2 Å². The number of benzene rings is 1. The molecule has 2 fully saturated rings. The SMILES string of the molecule is C[C@@H]1CN(C)C[C@@H]1NS(=O)(=O)c1ccc(N2CCCC2=O)cc1. The second kappa shape index (κ2) is 6.22. The molecular formula is C16H23N3O3S. The molecule has 2 heterocycles. The van der Waals surface area contributed by atoms with Gasteiger partial charge in [0.1, 0.15) is 0 Å². The van der Waals surface area contributed by atoms with Gasteiger partial charge in [-0.05, 0) is 43.7 Å². The molecule has 1 aromatic carbocycles. The van der Waals surface area contributed by atoms with Gasteiger partial charge < -0.3 is 9.80 Å². The molecule has 0 aliphatic carbocycles. The Morgan fingerprint density at radius 2 is 1.87 bits per heavy atom. The first-order valence-corrected chi connectivity index (χ1v) is 9.46. The summed E-state index contributed by atoms with van der Waals surface area (Å²) < 4.78 is 27.9. The lowest BCUT2D eigenvalue weighted by atomic mass is 10.1. The molecular weight excluding hydrogens is 314 g/mol. The number of carbonyl (C=O) groups excluding carboxylic acids is 1. The second-order valence-electron chi connectivity index (χ2n) is 6.57. The molecule has 1 amide bonds. The molecule has 1 aromatic rings. The van der Waals surface area contributed by atoms with Gasteiger partial charge in [-0.25, -0.2) is 13.1 Å². The van der Waals surface area contributed by atoms with Crippen molar-refractivity contribution in [2.75, 3.05) is 31.6 Å². The first-order chi connectivity index (χ1) is 10.9. The highest BCUT2D eigenvalue weighted by molar-refractivity contribution is 7.89. The summed E-state index contributed by atoms with van der Waals surface area (Å²) in [6.45, 7) is 4.37. The molecule has 6 nitrogen and oxygen atoms in total. The average molecular weight is 337 g/mol. The van der Waals surface area contributed by atoms with E-state index in [1.807, 2.05) is 7.05 Å². The summed E-state index contributed by atoms with van der Waals surface area (Å²) in [5.41, 5.74) is 0.764. The number of hydrogen-bond acceptors (Lipinski definition) is 4. The minimum atomic E-state index is -3.53. The molecule has 0 aromatic heterocycles. The van der Waals surface area contributed by atoms with Crippen molar-refractivity contribution in [3.8, 4) is 0 Å². The highest BCUT2D eigenvalue weighted by Gasteiger charge is 2.31. The Balaban J connectivity index is 1.74. The molecule has 0 unspecified atom stereocenters. The zero-order valence-electron chi connectivity index (χ0n) is 13.5. The fourth-order valence-electron chi connectivity index (χ4n) is 3.36. The largest absolute Gasteiger partial charge is 0.312 e. The lowest BCUT2D eigenvalue weighted by Crippen LogP contribution is -2.39. The Morgan fingerprint density at radius 1 is 1.17 bits per heavy atom. The minimum absolute atomic E-state index is 0.0650. The number of nitrogens with zero attached hydrogens (tertiary/aromatic N) is 2. The van der Waals surface area contributed by atoms with Gasteiger partial charge in [0.25, 0.3) is 0 Å². The van der Waals surface area contributed by atoms with Crippen molar-refractivity contribution in [1.29, 1.82) is 0 Å². The summed E-state index contributed by atoms with van der Waals surface area (Å²) in [5.74, 6) is 0.387. The van der Waals surface area contributed by atoms with E-state index in [0.717, 1.165) is 25.2 Å². The third-order valence-corrected chi connectivity index (χ3v) is 6.14. The van der Waals surface area contributed by atoms with Crippen LogP contribution in [0, 0.1) is 5.92 Å². The Bertz CT molecular complexity index is 687. The van der Waals surface area contributed by atoms with Crippen molar-refractivity contribution in [1.82, 2.24) is 9.62 Å². The van der Waals surface area contributed by atoms with Crippen molar-refractivity contribution in [3.05, 3.63) is 24.3 Å². The normalized spacial score (nSPS) is 26.2. The Labute approximate surface area is 137 Å². The standard InChI is InChI=1S/C16H23N3O3S/c1-12-10-18(2)11-15(12)17-23(21,22)14-7-5-13(6-8-14)19-9-3-4-16(19)20/h5-8,12,15,17H,3-4,9-11H2,1-2H3/t12-,15+/m1/s1. The minimum Gasteiger partial charge on any atom is -0.312 e. The van der Waals surface area contributed by atoms with E-state index in [9.17, 15) is 13.2 Å². The maximum atomic E-state index is 12.5. The number of nitrogens with one attached hydrogen (secondary N) is 1. The zero-order valence-corrected chi connectivity index (χ0v) is 14.3. The quantitative estimate of drug-likeness (QED) is 0.891. The van der Waals surface area contributed by atoms with Gasteiger partial charge in [0.15, 0.2) is 0 Å². The number of anilines is 1. The van der Waals surface area contributed by atoms with Gasteiger partial charge in [-0.1, -0.05) is 6.92 Å². The summed E-state index contributed by atoms with van der Waals surface area (Å²) in [6.07, 6.45) is 1.42. The molecule has 2 aliphatic rings. The highest BCUT2D eigenvalue weighted by Crippen LogP contribution is 2.24. The number of rotatable bonds is 4. The Morgan fingerprint density at radius 3 is 2.39 bits per heavy atom. The van der Waals surface area contributed by atoms with Crippen LogP contribution >= 0.6 is 0 Å². The molecule has 2 atom stereocenters. The third kappa shape index (κ3) is 3.41. The van der Waals surface area contributed by atoms with E-state index in [1.54, 1.807) is 29.2 Å². The van der Waals surface area contributed by atoms with E-state index in [0.29, 0.717) is 13.0 Å². The highest BCUT2D eigenvalue weighted by atomic mass is 32.2. The molecule has 2 aliphatic heterocycles. The van der Waals surface area contributed by atoms with Gasteiger partial charge in [-0.2, -0.15) is 0 Å². The number of carbonyl (C=O) groups is 1. The topological polar surface area (TPSA) is 69.7 Å². The van der Waals surface area contributed by atoms with Crippen molar-refractivity contribution in [3.63, 3.8) is 0 Å². The maximum absolute atomic E-state index is 12.5. The van der Waals surface area contributed by atoms with E-state index in [1.165, 1.54) is 0 Å². The van der Waals surface area contributed by atoms with Crippen molar-refractivity contribution in [2.24, 2.45) is 5.92 Å². The Kier molecular flexibility index (Phi) is 4.44. The molecule has 126 valence electrons. The van der Waals surface area contributed by atoms with Gasteiger partial charge in [0.2, 0.25) is 15.9 Å². The molecule has 0 saturated carbocycles. The number of hydrogen-bond donors (Lipinski definition) is 1. The van der Waals surface area contributed by atoms with Gasteiger partial charge in [-0.3, -0.25) is 4.79 Å². The van der Waals surface area contributed by atoms with Crippen LogP contribution in [0.3, 0.4) is 0 Å². The van der Waals surface area contributed by atoms with Crippen molar-refractivity contribution >= 4 is 21.6 Å². The lowest BCUT2D eigenvalue weighted by molar-refractivity contribution is -0.117. The summed E-state index contributed by atoms with van der Waals surface area (Å²) in [6, 6.07) is 6.51. The van der Waals surface area contributed by atoms with E-state index < -0.39 is 10.0 Å². The smallest absolute Gasteiger partial charge is 0.240 e. The molecule has 2 saturated heterocycles. The number of likely N-dealkylation sites (N-methyl/N-ethyl adjacent to an activating group) is 1. The average Bonchev–Trinajstić information content (AvgIpc) is 3.04. The lowest BCUT2D eigenvalue weighted by Gasteiger charge is -2.18. The van der Waals surface area contributed by atoms with Crippen LogP contribution in [0.5, 0.6) is 0 Å². The summed E-state index contributed by atoms with van der Waals surface area (Å²) >= 11 is 0. The predicted octanol–water partition coefficient (Wildman–Crippen LogP) is 1.04. The predicted molar refractivity (Wildman–Crippen MR) is 88.8 cm³/mol. The van der Waals surface area contributed by atoms with E-state index in [-0.39, 0.29) is 22.8 Å².